The Morgan fingerprint density at radius 3 is 2.21 bits per heavy atom. The summed E-state index contributed by atoms with van der Waals surface area (Å²) in [6.45, 7) is 5.05. The second kappa shape index (κ2) is 7.21. The van der Waals surface area contributed by atoms with E-state index in [9.17, 15) is 13.2 Å². The minimum Gasteiger partial charge on any atom is -0.370 e. The van der Waals surface area contributed by atoms with Crippen LogP contribution < -0.4 is 10.6 Å². The van der Waals surface area contributed by atoms with Crippen LogP contribution in [0.15, 0.2) is 12.1 Å². The van der Waals surface area contributed by atoms with Gasteiger partial charge in [-0.2, -0.15) is 13.2 Å². The number of alkyl halides is 3. The van der Waals surface area contributed by atoms with Gasteiger partial charge < -0.3 is 10.6 Å². The Labute approximate surface area is 111 Å². The maximum Gasteiger partial charge on any atom is 0.416 e. The van der Waals surface area contributed by atoms with Gasteiger partial charge in [0.15, 0.2) is 0 Å². The number of nitrogens with zero attached hydrogens (tertiary/aromatic N) is 1. The van der Waals surface area contributed by atoms with Crippen molar-refractivity contribution in [1.29, 1.82) is 0 Å². The van der Waals surface area contributed by atoms with Crippen LogP contribution in [0.1, 0.15) is 38.7 Å². The summed E-state index contributed by atoms with van der Waals surface area (Å²) in [6.07, 6.45) is -1.32. The summed E-state index contributed by atoms with van der Waals surface area (Å²) in [5, 5.41) is 5.75. The van der Waals surface area contributed by atoms with E-state index in [0.717, 1.165) is 31.4 Å². The topological polar surface area (TPSA) is 37.0 Å². The van der Waals surface area contributed by atoms with E-state index in [0.29, 0.717) is 13.1 Å². The highest BCUT2D eigenvalue weighted by Crippen LogP contribution is 2.32. The summed E-state index contributed by atoms with van der Waals surface area (Å²) in [7, 11) is 0. The molecule has 1 heterocycles. The number of hydrogen-bond donors (Lipinski definition) is 2. The number of anilines is 2. The van der Waals surface area contributed by atoms with Gasteiger partial charge in [-0.1, -0.05) is 19.8 Å². The molecule has 0 amide bonds. The van der Waals surface area contributed by atoms with E-state index in [1.807, 2.05) is 6.92 Å². The van der Waals surface area contributed by atoms with E-state index >= 15 is 0 Å². The molecular formula is C13H20F3N3. The molecule has 0 radical (unpaired) electrons. The highest BCUT2D eigenvalue weighted by atomic mass is 19.4. The van der Waals surface area contributed by atoms with E-state index in [4.69, 9.17) is 0 Å². The van der Waals surface area contributed by atoms with Crippen molar-refractivity contribution in [2.24, 2.45) is 0 Å². The Kier molecular flexibility index (Phi) is 5.92. The number of unbranched alkanes of at least 4 members (excludes halogenated alkanes) is 2. The second-order valence-electron chi connectivity index (χ2n) is 4.29. The highest BCUT2D eigenvalue weighted by molar-refractivity contribution is 5.49. The van der Waals surface area contributed by atoms with Crippen LogP contribution in [0.25, 0.3) is 0 Å². The molecule has 0 aromatic carbocycles. The monoisotopic (exact) mass is 275 g/mol. The first-order chi connectivity index (χ1) is 8.97. The molecule has 1 aromatic heterocycles. The van der Waals surface area contributed by atoms with Crippen LogP contribution in [0, 0.1) is 0 Å². The third-order valence-corrected chi connectivity index (χ3v) is 2.60. The van der Waals surface area contributed by atoms with Gasteiger partial charge in [0.2, 0.25) is 0 Å². The van der Waals surface area contributed by atoms with E-state index in [2.05, 4.69) is 22.5 Å². The molecule has 0 atom stereocenters. The zero-order chi connectivity index (χ0) is 14.3. The van der Waals surface area contributed by atoms with Gasteiger partial charge in [-0.05, 0) is 25.5 Å². The molecule has 0 unspecified atom stereocenters. The van der Waals surface area contributed by atoms with E-state index in [-0.39, 0.29) is 11.6 Å². The van der Waals surface area contributed by atoms with Crippen molar-refractivity contribution < 1.29 is 13.2 Å². The van der Waals surface area contributed by atoms with Gasteiger partial charge in [-0.15, -0.1) is 0 Å². The minimum atomic E-state index is -4.35. The summed E-state index contributed by atoms with van der Waals surface area (Å²) in [6, 6.07) is 2.08. The number of aromatic nitrogens is 1. The van der Waals surface area contributed by atoms with Gasteiger partial charge in [-0.25, -0.2) is 4.98 Å². The van der Waals surface area contributed by atoms with Crippen molar-refractivity contribution in [3.63, 3.8) is 0 Å². The fourth-order valence-electron chi connectivity index (χ4n) is 1.65. The smallest absolute Gasteiger partial charge is 0.370 e. The summed E-state index contributed by atoms with van der Waals surface area (Å²) >= 11 is 0. The Morgan fingerprint density at radius 1 is 1.05 bits per heavy atom. The molecule has 0 spiro atoms. The third kappa shape index (κ3) is 5.36. The Bertz CT molecular complexity index is 391. The molecule has 1 rings (SSSR count). The number of hydrogen-bond acceptors (Lipinski definition) is 3. The molecule has 0 saturated carbocycles. The lowest BCUT2D eigenvalue weighted by Crippen LogP contribution is -2.11. The summed E-state index contributed by atoms with van der Waals surface area (Å²) in [4.78, 5) is 4.11. The van der Waals surface area contributed by atoms with Crippen molar-refractivity contribution in [3.05, 3.63) is 17.7 Å². The zero-order valence-corrected chi connectivity index (χ0v) is 11.3. The van der Waals surface area contributed by atoms with E-state index in [1.54, 1.807) is 0 Å². The van der Waals surface area contributed by atoms with Crippen LogP contribution in [0.5, 0.6) is 0 Å². The molecule has 0 aliphatic carbocycles. The molecule has 0 bridgehead atoms. The molecule has 0 fully saturated rings. The Morgan fingerprint density at radius 2 is 1.68 bits per heavy atom. The van der Waals surface area contributed by atoms with Gasteiger partial charge in [0.1, 0.15) is 11.6 Å². The Balaban J connectivity index is 2.81. The molecule has 2 N–H and O–H groups in total. The summed E-state index contributed by atoms with van der Waals surface area (Å²) < 4.78 is 38.2. The average Bonchev–Trinajstić information content (AvgIpc) is 2.34. The van der Waals surface area contributed by atoms with Crippen LogP contribution >= 0.6 is 0 Å². The van der Waals surface area contributed by atoms with Crippen LogP contribution in [-0.4, -0.2) is 18.1 Å². The fraction of sp³-hybridized carbons (Fsp3) is 0.615. The Hall–Kier alpha value is -1.46. The maximum atomic E-state index is 12.7. The number of pyridine rings is 1. The van der Waals surface area contributed by atoms with Gasteiger partial charge in [0.05, 0.1) is 5.56 Å². The fourth-order valence-corrected chi connectivity index (χ4v) is 1.65. The van der Waals surface area contributed by atoms with Crippen molar-refractivity contribution in [1.82, 2.24) is 4.98 Å². The SMILES string of the molecule is CCCCCNc1cc(C(F)(F)F)cc(NCC)n1. The number of rotatable bonds is 7. The maximum absolute atomic E-state index is 12.7. The summed E-state index contributed by atoms with van der Waals surface area (Å²) in [5.74, 6) is 0.511. The normalized spacial score (nSPS) is 11.4. The number of halogens is 3. The van der Waals surface area contributed by atoms with Gasteiger partial charge in [0, 0.05) is 13.1 Å². The average molecular weight is 275 g/mol. The standard InChI is InChI=1S/C13H20F3N3/c1-3-5-6-7-18-12-9-10(13(14,15)16)8-11(19-12)17-4-2/h8-9H,3-7H2,1-2H3,(H2,17,18,19). The lowest BCUT2D eigenvalue weighted by molar-refractivity contribution is -0.137. The lowest BCUT2D eigenvalue weighted by atomic mass is 10.2. The largest absolute Gasteiger partial charge is 0.416 e. The molecular weight excluding hydrogens is 255 g/mol. The van der Waals surface area contributed by atoms with Crippen molar-refractivity contribution in [3.8, 4) is 0 Å². The minimum absolute atomic E-state index is 0.246. The molecule has 6 heteroatoms. The first-order valence-corrected chi connectivity index (χ1v) is 6.54. The first-order valence-electron chi connectivity index (χ1n) is 6.54. The molecule has 1 aromatic rings. The predicted octanol–water partition coefficient (Wildman–Crippen LogP) is 4.13. The quantitative estimate of drug-likeness (QED) is 0.734. The zero-order valence-electron chi connectivity index (χ0n) is 11.3. The molecule has 19 heavy (non-hydrogen) atoms. The van der Waals surface area contributed by atoms with Gasteiger partial charge in [-0.3, -0.25) is 0 Å². The van der Waals surface area contributed by atoms with Crippen LogP contribution in [0.3, 0.4) is 0 Å². The van der Waals surface area contributed by atoms with E-state index in [1.165, 1.54) is 0 Å². The molecule has 0 aliphatic rings. The molecule has 3 nitrogen and oxygen atoms in total. The highest BCUT2D eigenvalue weighted by Gasteiger charge is 2.31. The predicted molar refractivity (Wildman–Crippen MR) is 71.4 cm³/mol. The van der Waals surface area contributed by atoms with Crippen LogP contribution in [0.4, 0.5) is 24.8 Å². The molecule has 0 aliphatic heterocycles. The second-order valence-corrected chi connectivity index (χ2v) is 4.29. The van der Waals surface area contributed by atoms with Crippen molar-refractivity contribution in [2.45, 2.75) is 39.3 Å². The van der Waals surface area contributed by atoms with Crippen molar-refractivity contribution in [2.75, 3.05) is 23.7 Å². The van der Waals surface area contributed by atoms with Gasteiger partial charge in [0.25, 0.3) is 0 Å². The lowest BCUT2D eigenvalue weighted by Gasteiger charge is -2.13. The third-order valence-electron chi connectivity index (χ3n) is 2.60. The first kappa shape index (κ1) is 15.6. The van der Waals surface area contributed by atoms with Crippen molar-refractivity contribution >= 4 is 11.6 Å². The van der Waals surface area contributed by atoms with Gasteiger partial charge >= 0.3 is 6.18 Å². The summed E-state index contributed by atoms with van der Waals surface area (Å²) in [5.41, 5.74) is -0.684. The number of nitrogens with one attached hydrogen (secondary N) is 2. The van der Waals surface area contributed by atoms with Crippen LogP contribution in [-0.2, 0) is 6.18 Å². The van der Waals surface area contributed by atoms with Crippen LogP contribution in [0.2, 0.25) is 0 Å². The molecule has 0 saturated heterocycles. The molecule has 108 valence electrons. The van der Waals surface area contributed by atoms with E-state index < -0.39 is 11.7 Å².